The summed E-state index contributed by atoms with van der Waals surface area (Å²) in [4.78, 5) is 22.2. The second kappa shape index (κ2) is 5.12. The lowest BCUT2D eigenvalue weighted by atomic mass is 9.78. The van der Waals surface area contributed by atoms with Crippen LogP contribution in [0.1, 0.15) is 37.4 Å². The summed E-state index contributed by atoms with van der Waals surface area (Å²) >= 11 is 0. The van der Waals surface area contributed by atoms with E-state index in [2.05, 4.69) is 0 Å². The molecule has 1 aromatic heterocycles. The van der Waals surface area contributed by atoms with Gasteiger partial charge in [0.25, 0.3) is 0 Å². The standard InChI is InChI=1S/C12H15NO4/c14-11-5-2-1-4-9(11)10(8-13(15)16)12-6-3-7-17-12/h3,6-7,9-10H,1-2,4-5,8H2. The van der Waals surface area contributed by atoms with Crippen LogP contribution in [0.5, 0.6) is 0 Å². The second-order valence-corrected chi connectivity index (χ2v) is 4.46. The number of furan rings is 1. The zero-order valence-corrected chi connectivity index (χ0v) is 9.50. The Balaban J connectivity index is 2.20. The fourth-order valence-corrected chi connectivity index (χ4v) is 2.51. The van der Waals surface area contributed by atoms with Gasteiger partial charge in [-0.1, -0.05) is 6.42 Å². The van der Waals surface area contributed by atoms with Gasteiger partial charge in [0, 0.05) is 17.3 Å². The minimum atomic E-state index is -0.409. The minimum absolute atomic E-state index is 0.138. The summed E-state index contributed by atoms with van der Waals surface area (Å²) in [5.41, 5.74) is 0. The SMILES string of the molecule is O=C1CCCCC1C(C[N+](=O)[O-])c1ccco1. The van der Waals surface area contributed by atoms with Gasteiger partial charge in [-0.25, -0.2) is 0 Å². The number of hydrogen-bond acceptors (Lipinski definition) is 4. The van der Waals surface area contributed by atoms with Gasteiger partial charge in [-0.15, -0.1) is 0 Å². The van der Waals surface area contributed by atoms with Crippen LogP contribution < -0.4 is 0 Å². The smallest absolute Gasteiger partial charge is 0.214 e. The molecule has 0 N–H and O–H groups in total. The molecule has 0 amide bonds. The van der Waals surface area contributed by atoms with E-state index < -0.39 is 5.92 Å². The van der Waals surface area contributed by atoms with Gasteiger partial charge in [-0.3, -0.25) is 14.9 Å². The molecule has 0 saturated heterocycles. The zero-order chi connectivity index (χ0) is 12.3. The lowest BCUT2D eigenvalue weighted by molar-refractivity contribution is -0.485. The second-order valence-electron chi connectivity index (χ2n) is 4.46. The van der Waals surface area contributed by atoms with Gasteiger partial charge < -0.3 is 4.42 Å². The van der Waals surface area contributed by atoms with E-state index in [0.29, 0.717) is 12.2 Å². The van der Waals surface area contributed by atoms with E-state index >= 15 is 0 Å². The largest absolute Gasteiger partial charge is 0.469 e. The Morgan fingerprint density at radius 1 is 1.53 bits per heavy atom. The lowest BCUT2D eigenvalue weighted by Crippen LogP contribution is -2.29. The minimum Gasteiger partial charge on any atom is -0.469 e. The first-order valence-corrected chi connectivity index (χ1v) is 5.86. The van der Waals surface area contributed by atoms with Crippen molar-refractivity contribution in [3.8, 4) is 0 Å². The predicted molar refractivity (Wildman–Crippen MR) is 60.3 cm³/mol. The first-order chi connectivity index (χ1) is 8.18. The van der Waals surface area contributed by atoms with Crippen LogP contribution in [-0.4, -0.2) is 17.3 Å². The van der Waals surface area contributed by atoms with Crippen molar-refractivity contribution in [2.45, 2.75) is 31.6 Å². The number of nitro groups is 1. The summed E-state index contributed by atoms with van der Waals surface area (Å²) in [5, 5.41) is 10.7. The van der Waals surface area contributed by atoms with E-state index in [1.165, 1.54) is 6.26 Å². The summed E-state index contributed by atoms with van der Waals surface area (Å²) in [6.45, 7) is -0.232. The Labute approximate surface area is 99.0 Å². The molecule has 5 heteroatoms. The van der Waals surface area contributed by atoms with Gasteiger partial charge in [0.2, 0.25) is 6.54 Å². The molecule has 1 saturated carbocycles. The van der Waals surface area contributed by atoms with Crippen molar-refractivity contribution in [1.29, 1.82) is 0 Å². The third kappa shape index (κ3) is 2.72. The van der Waals surface area contributed by atoms with Gasteiger partial charge in [0.15, 0.2) is 0 Å². The molecule has 0 aromatic carbocycles. The van der Waals surface area contributed by atoms with Crippen molar-refractivity contribution in [2.75, 3.05) is 6.54 Å². The van der Waals surface area contributed by atoms with Crippen LogP contribution in [0.15, 0.2) is 22.8 Å². The highest BCUT2D eigenvalue weighted by Gasteiger charge is 2.36. The predicted octanol–water partition coefficient (Wildman–Crippen LogP) is 2.40. The van der Waals surface area contributed by atoms with E-state index in [0.717, 1.165) is 19.3 Å². The van der Waals surface area contributed by atoms with Crippen molar-refractivity contribution in [1.82, 2.24) is 0 Å². The topological polar surface area (TPSA) is 73.3 Å². The van der Waals surface area contributed by atoms with E-state index in [9.17, 15) is 14.9 Å². The van der Waals surface area contributed by atoms with Gasteiger partial charge >= 0.3 is 0 Å². The molecular weight excluding hydrogens is 222 g/mol. The molecule has 1 aliphatic carbocycles. The molecular formula is C12H15NO4. The van der Waals surface area contributed by atoms with Gasteiger partial charge in [-0.2, -0.15) is 0 Å². The Hall–Kier alpha value is -1.65. The molecule has 92 valence electrons. The fraction of sp³-hybridized carbons (Fsp3) is 0.583. The van der Waals surface area contributed by atoms with Crippen LogP contribution >= 0.6 is 0 Å². The molecule has 1 aliphatic rings. The van der Waals surface area contributed by atoms with Crippen molar-refractivity contribution < 1.29 is 14.1 Å². The summed E-state index contributed by atoms with van der Waals surface area (Å²) in [7, 11) is 0. The van der Waals surface area contributed by atoms with Gasteiger partial charge in [0.05, 0.1) is 12.2 Å². The fourth-order valence-electron chi connectivity index (χ4n) is 2.51. The molecule has 2 rings (SSSR count). The maximum Gasteiger partial charge on any atom is 0.214 e. The molecule has 5 nitrogen and oxygen atoms in total. The lowest BCUT2D eigenvalue weighted by Gasteiger charge is -2.25. The molecule has 1 heterocycles. The van der Waals surface area contributed by atoms with E-state index in [1.54, 1.807) is 12.1 Å². The maximum atomic E-state index is 11.8. The van der Waals surface area contributed by atoms with Crippen molar-refractivity contribution in [3.63, 3.8) is 0 Å². The molecule has 0 bridgehead atoms. The number of nitrogens with zero attached hydrogens (tertiary/aromatic N) is 1. The van der Waals surface area contributed by atoms with Crippen molar-refractivity contribution in [3.05, 3.63) is 34.3 Å². The van der Waals surface area contributed by atoms with E-state index in [1.807, 2.05) is 0 Å². The Morgan fingerprint density at radius 3 is 2.94 bits per heavy atom. The van der Waals surface area contributed by atoms with Crippen LogP contribution in [0.25, 0.3) is 0 Å². The monoisotopic (exact) mass is 237 g/mol. The number of carbonyl (C=O) groups excluding carboxylic acids is 1. The quantitative estimate of drug-likeness (QED) is 0.595. The van der Waals surface area contributed by atoms with Crippen LogP contribution in [0.3, 0.4) is 0 Å². The van der Waals surface area contributed by atoms with E-state index in [4.69, 9.17) is 4.42 Å². The van der Waals surface area contributed by atoms with Crippen LogP contribution in [-0.2, 0) is 4.79 Å². The number of carbonyl (C=O) groups is 1. The number of hydrogen-bond donors (Lipinski definition) is 0. The first kappa shape index (κ1) is 11.8. The van der Waals surface area contributed by atoms with Crippen LogP contribution in [0.2, 0.25) is 0 Å². The molecule has 0 spiro atoms. The summed E-state index contributed by atoms with van der Waals surface area (Å²) in [6.07, 6.45) is 4.64. The molecule has 0 aliphatic heterocycles. The summed E-state index contributed by atoms with van der Waals surface area (Å²) < 4.78 is 5.24. The Bertz CT molecular complexity index is 399. The Kier molecular flexibility index (Phi) is 3.56. The average molecular weight is 237 g/mol. The number of rotatable bonds is 4. The van der Waals surface area contributed by atoms with E-state index in [-0.39, 0.29) is 23.2 Å². The van der Waals surface area contributed by atoms with Crippen LogP contribution in [0, 0.1) is 16.0 Å². The number of Topliss-reactive ketones (excluding diaryl/α,β-unsaturated/α-hetero) is 1. The highest BCUT2D eigenvalue weighted by Crippen LogP contribution is 2.34. The van der Waals surface area contributed by atoms with Crippen molar-refractivity contribution in [2.24, 2.45) is 5.92 Å². The van der Waals surface area contributed by atoms with Gasteiger partial charge in [-0.05, 0) is 25.0 Å². The maximum absolute atomic E-state index is 11.8. The van der Waals surface area contributed by atoms with Crippen molar-refractivity contribution >= 4 is 5.78 Å². The zero-order valence-electron chi connectivity index (χ0n) is 9.50. The van der Waals surface area contributed by atoms with Gasteiger partial charge in [0.1, 0.15) is 11.5 Å². The highest BCUT2D eigenvalue weighted by atomic mass is 16.6. The Morgan fingerprint density at radius 2 is 2.35 bits per heavy atom. The summed E-state index contributed by atoms with van der Waals surface area (Å²) in [6, 6.07) is 3.42. The molecule has 2 atom stereocenters. The highest BCUT2D eigenvalue weighted by molar-refractivity contribution is 5.82. The third-order valence-corrected chi connectivity index (χ3v) is 3.34. The normalized spacial score (nSPS) is 22.4. The molecule has 1 aromatic rings. The molecule has 2 unspecified atom stereocenters. The summed E-state index contributed by atoms with van der Waals surface area (Å²) in [5.74, 6) is 0.0366. The molecule has 1 fully saturated rings. The first-order valence-electron chi connectivity index (χ1n) is 5.86. The third-order valence-electron chi connectivity index (χ3n) is 3.34. The number of ketones is 1. The van der Waals surface area contributed by atoms with Crippen LogP contribution in [0.4, 0.5) is 0 Å². The average Bonchev–Trinajstić information content (AvgIpc) is 2.80. The molecule has 17 heavy (non-hydrogen) atoms. The molecule has 0 radical (unpaired) electrons.